The zero-order valence-corrected chi connectivity index (χ0v) is 12.8. The molecule has 108 valence electrons. The van der Waals surface area contributed by atoms with Gasteiger partial charge in [-0.25, -0.2) is 4.39 Å². The van der Waals surface area contributed by atoms with Crippen molar-refractivity contribution < 1.29 is 4.39 Å². The van der Waals surface area contributed by atoms with Gasteiger partial charge in [0, 0.05) is 11.4 Å². The minimum atomic E-state index is -0.0815. The molecule has 1 N–H and O–H groups in total. The Balaban J connectivity index is 2.02. The van der Waals surface area contributed by atoms with Crippen LogP contribution in [0.15, 0.2) is 41.8 Å². The van der Waals surface area contributed by atoms with Crippen molar-refractivity contribution in [3.63, 3.8) is 0 Å². The van der Waals surface area contributed by atoms with E-state index in [0.29, 0.717) is 0 Å². The Morgan fingerprint density at radius 2 is 2.05 bits per heavy atom. The van der Waals surface area contributed by atoms with Gasteiger partial charge < -0.3 is 5.32 Å². The summed E-state index contributed by atoms with van der Waals surface area (Å²) in [6, 6.07) is 11.4. The third kappa shape index (κ3) is 4.43. The van der Waals surface area contributed by atoms with Gasteiger partial charge in [-0.15, -0.1) is 11.3 Å². The fourth-order valence-electron chi connectivity index (χ4n) is 2.40. The van der Waals surface area contributed by atoms with Crippen LogP contribution in [0.3, 0.4) is 0 Å². The lowest BCUT2D eigenvalue weighted by molar-refractivity contribution is 0.517. The SMILES string of the molecule is CCCNCC(CCc1cccs1)c1ccccc1F. The van der Waals surface area contributed by atoms with Crippen LogP contribution < -0.4 is 5.32 Å². The van der Waals surface area contributed by atoms with Crippen molar-refractivity contribution in [3.05, 3.63) is 58.0 Å². The second kappa shape index (κ2) is 8.18. The van der Waals surface area contributed by atoms with Crippen LogP contribution in [0.4, 0.5) is 4.39 Å². The van der Waals surface area contributed by atoms with Crippen molar-refractivity contribution in [3.8, 4) is 0 Å². The smallest absolute Gasteiger partial charge is 0.126 e. The van der Waals surface area contributed by atoms with Crippen LogP contribution in [-0.4, -0.2) is 13.1 Å². The molecule has 2 aromatic rings. The van der Waals surface area contributed by atoms with Crippen LogP contribution >= 0.6 is 11.3 Å². The number of halogens is 1. The van der Waals surface area contributed by atoms with Crippen molar-refractivity contribution in [2.75, 3.05) is 13.1 Å². The van der Waals surface area contributed by atoms with Crippen LogP contribution in [-0.2, 0) is 6.42 Å². The number of rotatable bonds is 8. The summed E-state index contributed by atoms with van der Waals surface area (Å²) in [5, 5.41) is 5.53. The molecule has 1 atom stereocenters. The largest absolute Gasteiger partial charge is 0.316 e. The van der Waals surface area contributed by atoms with Crippen LogP contribution in [0, 0.1) is 5.82 Å². The minimum absolute atomic E-state index is 0.0815. The van der Waals surface area contributed by atoms with E-state index in [2.05, 4.69) is 29.8 Å². The molecule has 0 amide bonds. The summed E-state index contributed by atoms with van der Waals surface area (Å²) >= 11 is 1.78. The highest BCUT2D eigenvalue weighted by Gasteiger charge is 2.15. The maximum atomic E-state index is 14.0. The summed E-state index contributed by atoms with van der Waals surface area (Å²) in [6.45, 7) is 3.99. The summed E-state index contributed by atoms with van der Waals surface area (Å²) in [5.41, 5.74) is 0.840. The van der Waals surface area contributed by atoms with Gasteiger partial charge in [0.25, 0.3) is 0 Å². The van der Waals surface area contributed by atoms with Crippen molar-refractivity contribution in [1.29, 1.82) is 0 Å². The molecule has 3 heteroatoms. The van der Waals surface area contributed by atoms with E-state index in [-0.39, 0.29) is 11.7 Å². The van der Waals surface area contributed by atoms with Gasteiger partial charge in [-0.3, -0.25) is 0 Å². The molecule has 1 heterocycles. The summed E-state index contributed by atoms with van der Waals surface area (Å²) in [6.07, 6.45) is 3.11. The molecule has 20 heavy (non-hydrogen) atoms. The molecule has 0 saturated heterocycles. The first-order valence-corrected chi connectivity index (χ1v) is 8.16. The number of hydrogen-bond acceptors (Lipinski definition) is 2. The maximum Gasteiger partial charge on any atom is 0.126 e. The molecule has 0 aliphatic carbocycles. The molecule has 0 radical (unpaired) electrons. The zero-order chi connectivity index (χ0) is 14.2. The first-order chi connectivity index (χ1) is 9.81. The summed E-state index contributed by atoms with van der Waals surface area (Å²) in [4.78, 5) is 1.38. The molecule has 1 unspecified atom stereocenters. The minimum Gasteiger partial charge on any atom is -0.316 e. The fourth-order valence-corrected chi connectivity index (χ4v) is 3.12. The number of thiophene rings is 1. The molecule has 1 aromatic heterocycles. The third-order valence-electron chi connectivity index (χ3n) is 3.48. The van der Waals surface area contributed by atoms with Gasteiger partial charge in [0.05, 0.1) is 0 Å². The van der Waals surface area contributed by atoms with Crippen LogP contribution in [0.5, 0.6) is 0 Å². The molecular weight excluding hydrogens is 269 g/mol. The van der Waals surface area contributed by atoms with Crippen LogP contribution in [0.25, 0.3) is 0 Å². The van der Waals surface area contributed by atoms with Gasteiger partial charge in [0.1, 0.15) is 5.82 Å². The standard InChI is InChI=1S/C17H22FNS/c1-2-11-19-13-14(9-10-15-6-5-12-20-15)16-7-3-4-8-17(16)18/h3-8,12,14,19H,2,9-11,13H2,1H3. The van der Waals surface area contributed by atoms with E-state index in [4.69, 9.17) is 0 Å². The molecule has 0 saturated carbocycles. The Labute approximate surface area is 124 Å². The lowest BCUT2D eigenvalue weighted by atomic mass is 9.93. The van der Waals surface area contributed by atoms with E-state index in [1.54, 1.807) is 23.5 Å². The molecule has 0 aliphatic rings. The molecule has 2 rings (SSSR count). The van der Waals surface area contributed by atoms with Gasteiger partial charge in [-0.1, -0.05) is 31.2 Å². The Morgan fingerprint density at radius 3 is 2.75 bits per heavy atom. The number of nitrogens with one attached hydrogen (secondary N) is 1. The molecular formula is C17H22FNS. The molecule has 1 aromatic carbocycles. The predicted molar refractivity (Wildman–Crippen MR) is 84.9 cm³/mol. The molecule has 0 aliphatic heterocycles. The van der Waals surface area contributed by atoms with E-state index < -0.39 is 0 Å². The van der Waals surface area contributed by atoms with E-state index >= 15 is 0 Å². The lowest BCUT2D eigenvalue weighted by Crippen LogP contribution is -2.23. The highest BCUT2D eigenvalue weighted by atomic mass is 32.1. The highest BCUT2D eigenvalue weighted by molar-refractivity contribution is 7.09. The predicted octanol–water partition coefficient (Wildman–Crippen LogP) is 4.60. The first-order valence-electron chi connectivity index (χ1n) is 7.28. The topological polar surface area (TPSA) is 12.0 Å². The highest BCUT2D eigenvalue weighted by Crippen LogP contribution is 2.25. The van der Waals surface area contributed by atoms with Gasteiger partial charge in [0.2, 0.25) is 0 Å². The Bertz CT molecular complexity index is 495. The summed E-state index contributed by atoms with van der Waals surface area (Å²) < 4.78 is 14.0. The summed E-state index contributed by atoms with van der Waals surface area (Å²) in [5.74, 6) is 0.159. The zero-order valence-electron chi connectivity index (χ0n) is 11.9. The molecule has 0 fully saturated rings. The maximum absolute atomic E-state index is 14.0. The van der Waals surface area contributed by atoms with Gasteiger partial charge in [-0.05, 0) is 54.8 Å². The van der Waals surface area contributed by atoms with Crippen LogP contribution in [0.2, 0.25) is 0 Å². The van der Waals surface area contributed by atoms with Crippen molar-refractivity contribution >= 4 is 11.3 Å². The molecule has 0 bridgehead atoms. The quantitative estimate of drug-likeness (QED) is 0.701. The van der Waals surface area contributed by atoms with Gasteiger partial charge in [-0.2, -0.15) is 0 Å². The Hall–Kier alpha value is -1.19. The monoisotopic (exact) mass is 291 g/mol. The average molecular weight is 291 g/mol. The molecule has 1 nitrogen and oxygen atoms in total. The number of aryl methyl sites for hydroxylation is 1. The van der Waals surface area contributed by atoms with E-state index in [9.17, 15) is 4.39 Å². The van der Waals surface area contributed by atoms with Gasteiger partial charge in [0.15, 0.2) is 0 Å². The summed E-state index contributed by atoms with van der Waals surface area (Å²) in [7, 11) is 0. The second-order valence-corrected chi connectivity index (χ2v) is 6.07. The first kappa shape index (κ1) is 15.2. The number of hydrogen-bond donors (Lipinski definition) is 1. The van der Waals surface area contributed by atoms with Gasteiger partial charge >= 0.3 is 0 Å². The Morgan fingerprint density at radius 1 is 1.20 bits per heavy atom. The fraction of sp³-hybridized carbons (Fsp3) is 0.412. The second-order valence-electron chi connectivity index (χ2n) is 5.04. The van der Waals surface area contributed by atoms with Crippen molar-refractivity contribution in [1.82, 2.24) is 5.32 Å². The number of benzene rings is 1. The van der Waals surface area contributed by atoms with Crippen LogP contribution in [0.1, 0.15) is 36.1 Å². The van der Waals surface area contributed by atoms with E-state index in [0.717, 1.165) is 37.9 Å². The van der Waals surface area contributed by atoms with E-state index in [1.807, 2.05) is 12.1 Å². The normalized spacial score (nSPS) is 12.5. The van der Waals surface area contributed by atoms with Crippen molar-refractivity contribution in [2.45, 2.75) is 32.1 Å². The molecule has 0 spiro atoms. The average Bonchev–Trinajstić information content (AvgIpc) is 2.97. The Kier molecular flexibility index (Phi) is 6.22. The van der Waals surface area contributed by atoms with Crippen molar-refractivity contribution in [2.24, 2.45) is 0 Å². The third-order valence-corrected chi connectivity index (χ3v) is 4.42. The lowest BCUT2D eigenvalue weighted by Gasteiger charge is -2.18. The van der Waals surface area contributed by atoms with E-state index in [1.165, 1.54) is 4.88 Å².